The normalized spacial score (nSPS) is 12.6. The van der Waals surface area contributed by atoms with Crippen molar-refractivity contribution in [1.82, 2.24) is 0 Å². The molecule has 0 aromatic heterocycles. The minimum Gasteiger partial charge on any atom is -0.393 e. The van der Waals surface area contributed by atoms with Crippen molar-refractivity contribution in [2.75, 3.05) is 13.2 Å². The zero-order chi connectivity index (χ0) is 11.6. The van der Waals surface area contributed by atoms with E-state index in [-0.39, 0.29) is 6.10 Å². The van der Waals surface area contributed by atoms with Gasteiger partial charge >= 0.3 is 0 Å². The van der Waals surface area contributed by atoms with Crippen molar-refractivity contribution < 1.29 is 9.84 Å². The number of rotatable bonds is 8. The van der Waals surface area contributed by atoms with Crippen molar-refractivity contribution in [3.63, 3.8) is 0 Å². The average Bonchev–Trinajstić information content (AvgIpc) is 2.29. The van der Waals surface area contributed by atoms with E-state index in [1.54, 1.807) is 0 Å². The van der Waals surface area contributed by atoms with E-state index in [1.807, 2.05) is 13.0 Å². The van der Waals surface area contributed by atoms with Gasteiger partial charge in [-0.25, -0.2) is 0 Å². The first-order chi connectivity index (χ1) is 7.79. The molecule has 2 heteroatoms. The lowest BCUT2D eigenvalue weighted by Crippen LogP contribution is -2.03. The second kappa shape index (κ2) is 8.31. The smallest absolute Gasteiger partial charge is 0.0512 e. The molecule has 0 heterocycles. The van der Waals surface area contributed by atoms with Crippen LogP contribution < -0.4 is 0 Å². The van der Waals surface area contributed by atoms with Gasteiger partial charge in [0, 0.05) is 6.61 Å². The zero-order valence-electron chi connectivity index (χ0n) is 10.1. The summed E-state index contributed by atoms with van der Waals surface area (Å²) in [5.41, 5.74) is 1.33. The van der Waals surface area contributed by atoms with Crippen LogP contribution in [0.2, 0.25) is 0 Å². The summed E-state index contributed by atoms with van der Waals surface area (Å²) >= 11 is 0. The van der Waals surface area contributed by atoms with Crippen molar-refractivity contribution in [2.45, 2.75) is 38.7 Å². The van der Waals surface area contributed by atoms with Gasteiger partial charge in [-0.2, -0.15) is 0 Å². The van der Waals surface area contributed by atoms with Crippen molar-refractivity contribution in [1.29, 1.82) is 0 Å². The third-order valence-electron chi connectivity index (χ3n) is 2.54. The van der Waals surface area contributed by atoms with Gasteiger partial charge in [0.1, 0.15) is 0 Å². The van der Waals surface area contributed by atoms with Gasteiger partial charge in [0.25, 0.3) is 0 Å². The van der Waals surface area contributed by atoms with Crippen molar-refractivity contribution in [3.8, 4) is 0 Å². The van der Waals surface area contributed by atoms with Crippen LogP contribution in [-0.4, -0.2) is 24.4 Å². The molecule has 1 unspecified atom stereocenters. The Morgan fingerprint density at radius 3 is 2.56 bits per heavy atom. The Morgan fingerprint density at radius 1 is 1.12 bits per heavy atom. The van der Waals surface area contributed by atoms with Gasteiger partial charge in [-0.3, -0.25) is 0 Å². The van der Waals surface area contributed by atoms with Gasteiger partial charge in [-0.1, -0.05) is 30.3 Å². The van der Waals surface area contributed by atoms with E-state index < -0.39 is 0 Å². The molecule has 1 aromatic rings. The number of unbranched alkanes of at least 4 members (excludes halogenated alkanes) is 1. The first-order valence-corrected chi connectivity index (χ1v) is 6.09. The molecule has 0 fully saturated rings. The Morgan fingerprint density at radius 2 is 1.88 bits per heavy atom. The maximum atomic E-state index is 9.06. The van der Waals surface area contributed by atoms with Crippen LogP contribution in [0.4, 0.5) is 0 Å². The monoisotopic (exact) mass is 222 g/mol. The second-order valence-corrected chi connectivity index (χ2v) is 4.19. The van der Waals surface area contributed by atoms with E-state index in [1.165, 1.54) is 5.56 Å². The SMILES string of the molecule is CC(O)CCCCOCCc1ccccc1. The third-order valence-corrected chi connectivity index (χ3v) is 2.54. The summed E-state index contributed by atoms with van der Waals surface area (Å²) in [6, 6.07) is 10.4. The molecular formula is C14H22O2. The van der Waals surface area contributed by atoms with E-state index in [2.05, 4.69) is 24.3 Å². The number of aliphatic hydroxyl groups is 1. The predicted molar refractivity (Wildman–Crippen MR) is 66.5 cm³/mol. The third kappa shape index (κ3) is 6.59. The lowest BCUT2D eigenvalue weighted by molar-refractivity contribution is 0.125. The number of aliphatic hydroxyl groups excluding tert-OH is 1. The van der Waals surface area contributed by atoms with Crippen molar-refractivity contribution in [2.24, 2.45) is 0 Å². The maximum absolute atomic E-state index is 9.06. The topological polar surface area (TPSA) is 29.5 Å². The van der Waals surface area contributed by atoms with Crippen molar-refractivity contribution >= 4 is 0 Å². The van der Waals surface area contributed by atoms with Crippen LogP contribution in [0.25, 0.3) is 0 Å². The molecule has 0 aliphatic rings. The molecule has 0 spiro atoms. The van der Waals surface area contributed by atoms with Gasteiger partial charge in [-0.15, -0.1) is 0 Å². The quantitative estimate of drug-likeness (QED) is 0.685. The highest BCUT2D eigenvalue weighted by atomic mass is 16.5. The molecule has 0 saturated carbocycles. The molecule has 2 nitrogen and oxygen atoms in total. The molecule has 0 saturated heterocycles. The summed E-state index contributed by atoms with van der Waals surface area (Å²) < 4.78 is 5.54. The summed E-state index contributed by atoms with van der Waals surface area (Å²) in [4.78, 5) is 0. The fraction of sp³-hybridized carbons (Fsp3) is 0.571. The van der Waals surface area contributed by atoms with Crippen LogP contribution >= 0.6 is 0 Å². The molecule has 0 amide bonds. The first-order valence-electron chi connectivity index (χ1n) is 6.09. The summed E-state index contributed by atoms with van der Waals surface area (Å²) in [7, 11) is 0. The average molecular weight is 222 g/mol. The largest absolute Gasteiger partial charge is 0.393 e. The zero-order valence-corrected chi connectivity index (χ0v) is 10.1. The number of ether oxygens (including phenoxy) is 1. The number of benzene rings is 1. The summed E-state index contributed by atoms with van der Waals surface area (Å²) in [5, 5.41) is 9.06. The summed E-state index contributed by atoms with van der Waals surface area (Å²) in [6.07, 6.45) is 3.77. The minimum absolute atomic E-state index is 0.177. The highest BCUT2D eigenvalue weighted by Crippen LogP contribution is 2.02. The molecule has 0 radical (unpaired) electrons. The van der Waals surface area contributed by atoms with E-state index in [0.29, 0.717) is 0 Å². The molecule has 1 rings (SSSR count). The first kappa shape index (κ1) is 13.2. The van der Waals surface area contributed by atoms with Gasteiger partial charge in [0.15, 0.2) is 0 Å². The Kier molecular flexibility index (Phi) is 6.86. The van der Waals surface area contributed by atoms with E-state index in [9.17, 15) is 0 Å². The van der Waals surface area contributed by atoms with E-state index in [4.69, 9.17) is 9.84 Å². The van der Waals surface area contributed by atoms with Gasteiger partial charge in [-0.05, 0) is 38.2 Å². The Balaban J connectivity index is 1.93. The summed E-state index contributed by atoms with van der Waals surface area (Å²) in [6.45, 7) is 3.43. The van der Waals surface area contributed by atoms with Crippen LogP contribution in [0.3, 0.4) is 0 Å². The van der Waals surface area contributed by atoms with Crippen LogP contribution in [0.5, 0.6) is 0 Å². The Labute approximate surface area is 98.3 Å². The molecule has 1 N–H and O–H groups in total. The van der Waals surface area contributed by atoms with Gasteiger partial charge in [0.2, 0.25) is 0 Å². The lowest BCUT2D eigenvalue weighted by atomic mass is 10.2. The van der Waals surface area contributed by atoms with Crippen LogP contribution in [0.15, 0.2) is 30.3 Å². The van der Waals surface area contributed by atoms with Gasteiger partial charge < -0.3 is 9.84 Å². The molecule has 0 aliphatic carbocycles. The molecule has 16 heavy (non-hydrogen) atoms. The van der Waals surface area contributed by atoms with Crippen LogP contribution in [0.1, 0.15) is 31.7 Å². The van der Waals surface area contributed by atoms with E-state index in [0.717, 1.165) is 38.9 Å². The lowest BCUT2D eigenvalue weighted by Gasteiger charge is -2.05. The molecular weight excluding hydrogens is 200 g/mol. The number of hydrogen-bond acceptors (Lipinski definition) is 2. The molecule has 0 aliphatic heterocycles. The Hall–Kier alpha value is -0.860. The maximum Gasteiger partial charge on any atom is 0.0512 e. The molecule has 0 bridgehead atoms. The molecule has 90 valence electrons. The van der Waals surface area contributed by atoms with Gasteiger partial charge in [0.05, 0.1) is 12.7 Å². The number of hydrogen-bond donors (Lipinski definition) is 1. The van der Waals surface area contributed by atoms with E-state index >= 15 is 0 Å². The summed E-state index contributed by atoms with van der Waals surface area (Å²) in [5.74, 6) is 0. The highest BCUT2D eigenvalue weighted by Gasteiger charge is 1.96. The molecule has 1 aromatic carbocycles. The predicted octanol–water partition coefficient (Wildman–Crippen LogP) is 2.80. The second-order valence-electron chi connectivity index (χ2n) is 4.19. The fourth-order valence-corrected chi connectivity index (χ4v) is 1.58. The Bertz CT molecular complexity index is 257. The highest BCUT2D eigenvalue weighted by molar-refractivity contribution is 5.14. The standard InChI is InChI=1S/C14H22O2/c1-13(15)7-5-6-11-16-12-10-14-8-3-2-4-9-14/h2-4,8-9,13,15H,5-7,10-12H2,1H3. The van der Waals surface area contributed by atoms with Crippen LogP contribution in [0, 0.1) is 0 Å². The molecule has 1 atom stereocenters. The van der Waals surface area contributed by atoms with Crippen LogP contribution in [-0.2, 0) is 11.2 Å². The fourth-order valence-electron chi connectivity index (χ4n) is 1.58. The minimum atomic E-state index is -0.177. The van der Waals surface area contributed by atoms with Crippen molar-refractivity contribution in [3.05, 3.63) is 35.9 Å².